The zero-order valence-corrected chi connectivity index (χ0v) is 13.4. The van der Waals surface area contributed by atoms with Gasteiger partial charge in [0.15, 0.2) is 5.65 Å². The molecule has 0 aliphatic rings. The summed E-state index contributed by atoms with van der Waals surface area (Å²) in [6, 6.07) is 5.49. The third-order valence-corrected chi connectivity index (χ3v) is 3.59. The molecule has 11 nitrogen and oxygen atoms in total. The van der Waals surface area contributed by atoms with Gasteiger partial charge in [-0.15, -0.1) is 0 Å². The molecule has 1 aromatic carbocycles. The number of aromatic nitrogens is 4. The maximum atomic E-state index is 12.4. The van der Waals surface area contributed by atoms with Gasteiger partial charge in [0.05, 0.1) is 24.3 Å². The molecule has 2 N–H and O–H groups in total. The van der Waals surface area contributed by atoms with E-state index in [-0.39, 0.29) is 36.5 Å². The highest BCUT2D eigenvalue weighted by molar-refractivity contribution is 5.91. The molecule has 11 heteroatoms. The van der Waals surface area contributed by atoms with E-state index < -0.39 is 16.4 Å². The van der Waals surface area contributed by atoms with E-state index in [9.17, 15) is 19.7 Å². The minimum absolute atomic E-state index is 0.146. The SMILES string of the molecule is O=C(Cn1cnc2c(cnn2CCO)c1=O)Nc1cccc([N+](=O)[O-])c1. The normalized spacial score (nSPS) is 10.8. The predicted molar refractivity (Wildman–Crippen MR) is 90.6 cm³/mol. The van der Waals surface area contributed by atoms with Gasteiger partial charge in [0, 0.05) is 17.8 Å². The zero-order chi connectivity index (χ0) is 18.7. The minimum Gasteiger partial charge on any atom is -0.394 e. The summed E-state index contributed by atoms with van der Waals surface area (Å²) in [7, 11) is 0. The number of hydrogen-bond donors (Lipinski definition) is 2. The Kier molecular flexibility index (Phi) is 4.71. The summed E-state index contributed by atoms with van der Waals surface area (Å²) in [5.41, 5.74) is -0.0332. The highest BCUT2D eigenvalue weighted by Gasteiger charge is 2.13. The molecule has 3 rings (SSSR count). The second-order valence-electron chi connectivity index (χ2n) is 5.36. The Morgan fingerprint density at radius 2 is 2.19 bits per heavy atom. The summed E-state index contributed by atoms with van der Waals surface area (Å²) < 4.78 is 2.50. The van der Waals surface area contributed by atoms with E-state index in [1.54, 1.807) is 0 Å². The Balaban J connectivity index is 1.79. The molecule has 0 saturated heterocycles. The molecule has 2 heterocycles. The Bertz CT molecular complexity index is 1040. The molecule has 0 unspecified atom stereocenters. The monoisotopic (exact) mass is 358 g/mol. The largest absolute Gasteiger partial charge is 0.394 e. The van der Waals surface area contributed by atoms with Crippen LogP contribution in [0.4, 0.5) is 11.4 Å². The van der Waals surface area contributed by atoms with Crippen molar-refractivity contribution in [3.8, 4) is 0 Å². The predicted octanol–water partition coefficient (Wildman–Crippen LogP) is 0.132. The van der Waals surface area contributed by atoms with Gasteiger partial charge in [-0.2, -0.15) is 5.10 Å². The second-order valence-corrected chi connectivity index (χ2v) is 5.36. The molecule has 26 heavy (non-hydrogen) atoms. The zero-order valence-electron chi connectivity index (χ0n) is 13.4. The molecule has 3 aromatic rings. The van der Waals surface area contributed by atoms with Gasteiger partial charge in [-0.05, 0) is 6.07 Å². The Morgan fingerprint density at radius 3 is 2.92 bits per heavy atom. The van der Waals surface area contributed by atoms with Crippen molar-refractivity contribution >= 4 is 28.3 Å². The van der Waals surface area contributed by atoms with Gasteiger partial charge in [0.25, 0.3) is 11.2 Å². The number of nitro groups is 1. The Labute approximate surface area is 145 Å². The third kappa shape index (κ3) is 3.42. The number of aliphatic hydroxyl groups is 1. The van der Waals surface area contributed by atoms with Crippen LogP contribution in [0.3, 0.4) is 0 Å². The van der Waals surface area contributed by atoms with Crippen molar-refractivity contribution in [3.63, 3.8) is 0 Å². The fourth-order valence-electron chi connectivity index (χ4n) is 2.42. The molecule has 0 fully saturated rings. The summed E-state index contributed by atoms with van der Waals surface area (Å²) in [5.74, 6) is -0.531. The summed E-state index contributed by atoms with van der Waals surface area (Å²) in [4.78, 5) is 38.8. The van der Waals surface area contributed by atoms with Crippen LogP contribution in [-0.2, 0) is 17.9 Å². The van der Waals surface area contributed by atoms with Crippen LogP contribution >= 0.6 is 0 Å². The molecule has 0 aliphatic carbocycles. The van der Waals surface area contributed by atoms with E-state index in [0.717, 1.165) is 4.57 Å². The topological polar surface area (TPSA) is 145 Å². The van der Waals surface area contributed by atoms with Gasteiger partial charge >= 0.3 is 0 Å². The van der Waals surface area contributed by atoms with Gasteiger partial charge < -0.3 is 10.4 Å². The summed E-state index contributed by atoms with van der Waals surface area (Å²) >= 11 is 0. The maximum Gasteiger partial charge on any atom is 0.271 e. The number of fused-ring (bicyclic) bond motifs is 1. The van der Waals surface area contributed by atoms with Crippen molar-refractivity contribution in [1.82, 2.24) is 19.3 Å². The first-order valence-electron chi connectivity index (χ1n) is 7.55. The number of rotatable bonds is 6. The first-order valence-corrected chi connectivity index (χ1v) is 7.55. The van der Waals surface area contributed by atoms with E-state index in [1.165, 1.54) is 41.5 Å². The molecule has 0 radical (unpaired) electrons. The van der Waals surface area contributed by atoms with Crippen LogP contribution in [0.1, 0.15) is 0 Å². The summed E-state index contributed by atoms with van der Waals surface area (Å²) in [6.07, 6.45) is 2.54. The molecule has 0 saturated carbocycles. The quantitative estimate of drug-likeness (QED) is 0.470. The number of nitrogens with one attached hydrogen (secondary N) is 1. The molecule has 0 aliphatic heterocycles. The number of nitrogens with zero attached hydrogens (tertiary/aromatic N) is 5. The molecule has 1 amide bonds. The smallest absolute Gasteiger partial charge is 0.271 e. The molecule has 0 atom stereocenters. The maximum absolute atomic E-state index is 12.4. The van der Waals surface area contributed by atoms with Crippen molar-refractivity contribution in [1.29, 1.82) is 0 Å². The summed E-state index contributed by atoms with van der Waals surface area (Å²) in [5, 5.41) is 26.4. The number of anilines is 1. The van der Waals surface area contributed by atoms with E-state index in [2.05, 4.69) is 15.4 Å². The van der Waals surface area contributed by atoms with Crippen molar-refractivity contribution < 1.29 is 14.8 Å². The van der Waals surface area contributed by atoms with Crippen LogP contribution < -0.4 is 10.9 Å². The number of amides is 1. The highest BCUT2D eigenvalue weighted by Crippen LogP contribution is 2.17. The van der Waals surface area contributed by atoms with Crippen LogP contribution in [0.15, 0.2) is 41.6 Å². The van der Waals surface area contributed by atoms with Crippen LogP contribution in [0, 0.1) is 10.1 Å². The lowest BCUT2D eigenvalue weighted by molar-refractivity contribution is -0.384. The molecule has 0 bridgehead atoms. The van der Waals surface area contributed by atoms with Crippen molar-refractivity contribution in [3.05, 3.63) is 57.3 Å². The number of hydrogen-bond acceptors (Lipinski definition) is 7. The van der Waals surface area contributed by atoms with Crippen molar-refractivity contribution in [2.75, 3.05) is 11.9 Å². The van der Waals surface area contributed by atoms with Crippen molar-refractivity contribution in [2.24, 2.45) is 0 Å². The van der Waals surface area contributed by atoms with Crippen LogP contribution in [-0.4, -0.2) is 41.9 Å². The standard InChI is InChI=1S/C15H14N6O5/c22-5-4-20-14-12(7-17-20)15(24)19(9-16-14)8-13(23)18-10-2-1-3-11(6-10)21(25)26/h1-3,6-7,9,22H,4-5,8H2,(H,18,23). The number of aliphatic hydroxyl groups excluding tert-OH is 1. The fourth-order valence-corrected chi connectivity index (χ4v) is 2.42. The Morgan fingerprint density at radius 1 is 1.38 bits per heavy atom. The third-order valence-electron chi connectivity index (χ3n) is 3.59. The first kappa shape index (κ1) is 17.2. The van der Waals surface area contributed by atoms with Gasteiger partial charge in [0.2, 0.25) is 5.91 Å². The molecule has 0 spiro atoms. The lowest BCUT2D eigenvalue weighted by Crippen LogP contribution is -2.28. The van der Waals surface area contributed by atoms with Crippen LogP contribution in [0.2, 0.25) is 0 Å². The average molecular weight is 358 g/mol. The Hall–Kier alpha value is -3.60. The summed E-state index contributed by atoms with van der Waals surface area (Å²) in [6.45, 7) is -0.254. The van der Waals surface area contributed by atoms with Gasteiger partial charge in [0.1, 0.15) is 18.3 Å². The molecular formula is C15H14N6O5. The van der Waals surface area contributed by atoms with Gasteiger partial charge in [-0.3, -0.25) is 24.3 Å². The number of benzene rings is 1. The van der Waals surface area contributed by atoms with E-state index in [1.807, 2.05) is 0 Å². The van der Waals surface area contributed by atoms with E-state index in [0.29, 0.717) is 5.65 Å². The lowest BCUT2D eigenvalue weighted by Gasteiger charge is -2.07. The lowest BCUT2D eigenvalue weighted by atomic mass is 10.3. The van der Waals surface area contributed by atoms with Crippen LogP contribution in [0.5, 0.6) is 0 Å². The number of carbonyl (C=O) groups excluding carboxylic acids is 1. The van der Waals surface area contributed by atoms with Crippen molar-refractivity contribution in [2.45, 2.75) is 13.1 Å². The first-order chi connectivity index (χ1) is 12.5. The van der Waals surface area contributed by atoms with Gasteiger partial charge in [-0.25, -0.2) is 9.67 Å². The molecule has 134 valence electrons. The number of carbonyl (C=O) groups is 1. The fraction of sp³-hybridized carbons (Fsp3) is 0.200. The highest BCUT2D eigenvalue weighted by atomic mass is 16.6. The number of nitro benzene ring substituents is 1. The van der Waals surface area contributed by atoms with Crippen LogP contribution in [0.25, 0.3) is 11.0 Å². The van der Waals surface area contributed by atoms with E-state index >= 15 is 0 Å². The second kappa shape index (κ2) is 7.11. The van der Waals surface area contributed by atoms with E-state index in [4.69, 9.17) is 5.11 Å². The molecular weight excluding hydrogens is 344 g/mol. The van der Waals surface area contributed by atoms with Gasteiger partial charge in [-0.1, -0.05) is 6.07 Å². The number of non-ortho nitro benzene ring substituents is 1. The molecule has 2 aromatic heterocycles. The minimum atomic E-state index is -0.567. The average Bonchev–Trinajstić information content (AvgIpc) is 3.02.